The van der Waals surface area contributed by atoms with Gasteiger partial charge in [0.05, 0.1) is 18.2 Å². The topological polar surface area (TPSA) is 69.6 Å². The van der Waals surface area contributed by atoms with Crippen molar-refractivity contribution in [2.45, 2.75) is 18.9 Å². The molecule has 2 amide bonds. The Morgan fingerprint density at radius 1 is 1.40 bits per heavy atom. The van der Waals surface area contributed by atoms with Crippen molar-refractivity contribution in [3.05, 3.63) is 34.3 Å². The van der Waals surface area contributed by atoms with Gasteiger partial charge in [-0.25, -0.2) is 0 Å². The summed E-state index contributed by atoms with van der Waals surface area (Å²) in [7, 11) is 0. The number of rotatable bonds is 3. The molecule has 1 aromatic rings. The average molecular weight is 341 g/mol. The van der Waals surface area contributed by atoms with E-state index in [0.717, 1.165) is 12.8 Å². The quantitative estimate of drug-likeness (QED) is 0.867. The molecule has 6 heteroatoms. The van der Waals surface area contributed by atoms with Gasteiger partial charge in [0.2, 0.25) is 5.91 Å². The van der Waals surface area contributed by atoms with Crippen molar-refractivity contribution < 1.29 is 14.7 Å². The van der Waals surface area contributed by atoms with Crippen LogP contribution in [0.15, 0.2) is 28.7 Å². The maximum absolute atomic E-state index is 12.0. The van der Waals surface area contributed by atoms with Crippen LogP contribution in [0.25, 0.3) is 0 Å². The third-order valence-corrected chi connectivity index (χ3v) is 3.96. The highest BCUT2D eigenvalue weighted by molar-refractivity contribution is 9.10. The van der Waals surface area contributed by atoms with Gasteiger partial charge in [-0.15, -0.1) is 0 Å². The second-order valence-corrected chi connectivity index (χ2v) is 5.65. The van der Waals surface area contributed by atoms with Crippen molar-refractivity contribution in [3.8, 4) is 0 Å². The normalized spacial score (nSPS) is 18.7. The molecule has 5 nitrogen and oxygen atoms in total. The van der Waals surface area contributed by atoms with E-state index in [2.05, 4.69) is 21.2 Å². The summed E-state index contributed by atoms with van der Waals surface area (Å²) in [4.78, 5) is 25.5. The Balaban J connectivity index is 1.87. The number of likely N-dealkylation sites (tertiary alicyclic amines) is 1. The summed E-state index contributed by atoms with van der Waals surface area (Å²) in [6.45, 7) is 0.942. The Kier molecular flexibility index (Phi) is 5.14. The molecule has 0 radical (unpaired) electrons. The SMILES string of the molecule is O=C(NCC(=O)N1CCCC(O)C1)c1ccccc1Br. The van der Waals surface area contributed by atoms with Crippen molar-refractivity contribution in [2.24, 2.45) is 0 Å². The Morgan fingerprint density at radius 2 is 2.15 bits per heavy atom. The maximum Gasteiger partial charge on any atom is 0.252 e. The van der Waals surface area contributed by atoms with Crippen molar-refractivity contribution in [3.63, 3.8) is 0 Å². The molecule has 2 N–H and O–H groups in total. The van der Waals surface area contributed by atoms with Crippen LogP contribution in [0.1, 0.15) is 23.2 Å². The van der Waals surface area contributed by atoms with Crippen LogP contribution < -0.4 is 5.32 Å². The highest BCUT2D eigenvalue weighted by Gasteiger charge is 2.22. The van der Waals surface area contributed by atoms with Crippen LogP contribution in [0.5, 0.6) is 0 Å². The first kappa shape index (κ1) is 15.0. The maximum atomic E-state index is 12.0. The molecule has 1 fully saturated rings. The summed E-state index contributed by atoms with van der Waals surface area (Å²) in [5, 5.41) is 12.1. The number of amides is 2. The molecule has 0 spiro atoms. The summed E-state index contributed by atoms with van der Waals surface area (Å²) in [5.74, 6) is -0.451. The van der Waals surface area contributed by atoms with Crippen molar-refractivity contribution >= 4 is 27.7 Å². The summed E-state index contributed by atoms with van der Waals surface area (Å²) in [5.41, 5.74) is 0.499. The predicted molar refractivity (Wildman–Crippen MR) is 78.3 cm³/mol. The molecule has 1 heterocycles. The molecule has 0 aromatic heterocycles. The van der Waals surface area contributed by atoms with E-state index in [1.54, 1.807) is 23.1 Å². The van der Waals surface area contributed by atoms with E-state index in [9.17, 15) is 14.7 Å². The lowest BCUT2D eigenvalue weighted by Crippen LogP contribution is -2.46. The second kappa shape index (κ2) is 6.85. The van der Waals surface area contributed by atoms with Crippen molar-refractivity contribution in [2.75, 3.05) is 19.6 Å². The molecule has 1 aromatic carbocycles. The van der Waals surface area contributed by atoms with Crippen LogP contribution in [0.4, 0.5) is 0 Å². The molecule has 1 aliphatic heterocycles. The van der Waals surface area contributed by atoms with E-state index >= 15 is 0 Å². The minimum absolute atomic E-state index is 0.0487. The lowest BCUT2D eigenvalue weighted by molar-refractivity contribution is -0.133. The predicted octanol–water partition coefficient (Wildman–Crippen LogP) is 1.16. The number of carbonyl (C=O) groups is 2. The van der Waals surface area contributed by atoms with E-state index in [0.29, 0.717) is 23.1 Å². The molecule has 0 aliphatic carbocycles. The number of benzene rings is 1. The molecular formula is C14H17BrN2O3. The Labute approximate surface area is 126 Å². The Bertz CT molecular complexity index is 507. The van der Waals surface area contributed by atoms with E-state index in [4.69, 9.17) is 0 Å². The van der Waals surface area contributed by atoms with Crippen LogP contribution in [-0.4, -0.2) is 47.6 Å². The highest BCUT2D eigenvalue weighted by Crippen LogP contribution is 2.15. The molecule has 1 aliphatic rings. The molecule has 0 bridgehead atoms. The number of hydrogen-bond acceptors (Lipinski definition) is 3. The number of carbonyl (C=O) groups excluding carboxylic acids is 2. The second-order valence-electron chi connectivity index (χ2n) is 4.80. The van der Waals surface area contributed by atoms with E-state index in [-0.39, 0.29) is 18.4 Å². The number of β-amino-alcohol motifs (C(OH)–C–C–N with tert-alkyl or cyclic N) is 1. The number of piperidine rings is 1. The Morgan fingerprint density at radius 3 is 2.85 bits per heavy atom. The number of hydrogen-bond donors (Lipinski definition) is 2. The fourth-order valence-corrected chi connectivity index (χ4v) is 2.65. The summed E-state index contributed by atoms with van der Waals surface area (Å²) in [6.07, 6.45) is 1.07. The largest absolute Gasteiger partial charge is 0.391 e. The minimum Gasteiger partial charge on any atom is -0.391 e. The van der Waals surface area contributed by atoms with Crippen molar-refractivity contribution in [1.29, 1.82) is 0 Å². The molecule has 108 valence electrons. The highest BCUT2D eigenvalue weighted by atomic mass is 79.9. The van der Waals surface area contributed by atoms with E-state index in [1.165, 1.54) is 0 Å². The molecule has 0 saturated carbocycles. The van der Waals surface area contributed by atoms with Gasteiger partial charge < -0.3 is 15.3 Å². The molecule has 1 saturated heterocycles. The van der Waals surface area contributed by atoms with E-state index < -0.39 is 6.10 Å². The lowest BCUT2D eigenvalue weighted by Gasteiger charge is -2.30. The van der Waals surface area contributed by atoms with Gasteiger partial charge in [0, 0.05) is 17.6 Å². The third kappa shape index (κ3) is 3.80. The van der Waals surface area contributed by atoms with Crippen LogP contribution in [0, 0.1) is 0 Å². The van der Waals surface area contributed by atoms with Gasteiger partial charge in [-0.05, 0) is 40.9 Å². The smallest absolute Gasteiger partial charge is 0.252 e. The molecule has 1 unspecified atom stereocenters. The zero-order valence-corrected chi connectivity index (χ0v) is 12.6. The summed E-state index contributed by atoms with van der Waals surface area (Å²) >= 11 is 3.30. The van der Waals surface area contributed by atoms with Crippen molar-refractivity contribution in [1.82, 2.24) is 10.2 Å². The van der Waals surface area contributed by atoms with Gasteiger partial charge in [-0.3, -0.25) is 9.59 Å². The van der Waals surface area contributed by atoms with Crippen LogP contribution in [0.3, 0.4) is 0 Å². The first-order valence-corrected chi connectivity index (χ1v) is 7.36. The van der Waals surface area contributed by atoms with Crippen LogP contribution >= 0.6 is 15.9 Å². The zero-order chi connectivity index (χ0) is 14.5. The summed E-state index contributed by atoms with van der Waals surface area (Å²) in [6, 6.07) is 7.05. The minimum atomic E-state index is -0.452. The number of nitrogens with one attached hydrogen (secondary N) is 1. The fourth-order valence-electron chi connectivity index (χ4n) is 2.19. The number of nitrogens with zero attached hydrogens (tertiary/aromatic N) is 1. The first-order chi connectivity index (χ1) is 9.58. The average Bonchev–Trinajstić information content (AvgIpc) is 2.45. The van der Waals surface area contributed by atoms with Gasteiger partial charge in [0.1, 0.15) is 0 Å². The zero-order valence-electron chi connectivity index (χ0n) is 11.0. The summed E-state index contributed by atoms with van der Waals surface area (Å²) < 4.78 is 0.693. The standard InChI is InChI=1S/C14H17BrN2O3/c15-12-6-2-1-5-11(12)14(20)16-8-13(19)17-7-3-4-10(18)9-17/h1-2,5-6,10,18H,3-4,7-9H2,(H,16,20). The molecule has 20 heavy (non-hydrogen) atoms. The fraction of sp³-hybridized carbons (Fsp3) is 0.429. The molecular weight excluding hydrogens is 324 g/mol. The Hall–Kier alpha value is -1.40. The molecule has 1 atom stereocenters. The van der Waals surface area contributed by atoms with Gasteiger partial charge in [-0.2, -0.15) is 0 Å². The van der Waals surface area contributed by atoms with Gasteiger partial charge in [-0.1, -0.05) is 12.1 Å². The van der Waals surface area contributed by atoms with Gasteiger partial charge in [0.25, 0.3) is 5.91 Å². The lowest BCUT2D eigenvalue weighted by atomic mass is 10.1. The van der Waals surface area contributed by atoms with Gasteiger partial charge >= 0.3 is 0 Å². The van der Waals surface area contributed by atoms with E-state index in [1.807, 2.05) is 6.07 Å². The van der Waals surface area contributed by atoms with Crippen LogP contribution in [-0.2, 0) is 4.79 Å². The number of aliphatic hydroxyl groups excluding tert-OH is 1. The number of aliphatic hydroxyl groups is 1. The number of halogens is 1. The third-order valence-electron chi connectivity index (χ3n) is 3.27. The van der Waals surface area contributed by atoms with Crippen LogP contribution in [0.2, 0.25) is 0 Å². The first-order valence-electron chi connectivity index (χ1n) is 6.56. The molecule has 2 rings (SSSR count). The monoisotopic (exact) mass is 340 g/mol. The van der Waals surface area contributed by atoms with Gasteiger partial charge in [0.15, 0.2) is 0 Å².